The fourth-order valence-electron chi connectivity index (χ4n) is 3.96. The van der Waals surface area contributed by atoms with Crippen molar-refractivity contribution in [2.24, 2.45) is 11.8 Å². The number of amides is 1. The quantitative estimate of drug-likeness (QED) is 0.787. The number of carbonyl (C=O) groups is 2. The van der Waals surface area contributed by atoms with Crippen LogP contribution in [0.25, 0.3) is 0 Å². The molecule has 0 aromatic rings. The Morgan fingerprint density at radius 3 is 2.40 bits per heavy atom. The van der Waals surface area contributed by atoms with E-state index in [2.05, 4.69) is 0 Å². The predicted octanol–water partition coefficient (Wildman–Crippen LogP) is 3.12. The zero-order chi connectivity index (χ0) is 18.7. The molecule has 0 aromatic carbocycles. The minimum Gasteiger partial charge on any atom is -0.466 e. The van der Waals surface area contributed by atoms with E-state index in [1.807, 2.05) is 27.7 Å². The van der Waals surface area contributed by atoms with Gasteiger partial charge in [0.05, 0.1) is 18.1 Å². The highest BCUT2D eigenvalue weighted by atomic mass is 16.6. The first-order valence-corrected chi connectivity index (χ1v) is 9.51. The largest absolute Gasteiger partial charge is 0.466 e. The Morgan fingerprint density at radius 2 is 1.84 bits per heavy atom. The van der Waals surface area contributed by atoms with Crippen LogP contribution < -0.4 is 0 Å². The number of aliphatic hydroxyl groups is 1. The first-order valence-electron chi connectivity index (χ1n) is 9.51. The van der Waals surface area contributed by atoms with Crippen LogP contribution in [0.1, 0.15) is 66.2 Å². The molecule has 1 N–H and O–H groups in total. The Bertz CT molecular complexity index is 477. The van der Waals surface area contributed by atoms with Crippen molar-refractivity contribution >= 4 is 12.1 Å². The monoisotopic (exact) mass is 355 g/mol. The molecule has 1 amide bonds. The third-order valence-corrected chi connectivity index (χ3v) is 5.34. The maximum atomic E-state index is 12.2. The summed E-state index contributed by atoms with van der Waals surface area (Å²) >= 11 is 0. The summed E-state index contributed by atoms with van der Waals surface area (Å²) in [6, 6.07) is 0. The summed E-state index contributed by atoms with van der Waals surface area (Å²) in [6.07, 6.45) is 4.14. The maximum absolute atomic E-state index is 12.2. The fraction of sp³-hybridized carbons (Fsp3) is 0.895. The molecule has 0 spiro atoms. The highest BCUT2D eigenvalue weighted by Gasteiger charge is 2.44. The number of nitrogens with zero attached hydrogens (tertiary/aromatic N) is 1. The lowest BCUT2D eigenvalue weighted by Gasteiger charge is -2.45. The van der Waals surface area contributed by atoms with Gasteiger partial charge < -0.3 is 19.5 Å². The molecule has 0 bridgehead atoms. The summed E-state index contributed by atoms with van der Waals surface area (Å²) in [7, 11) is 0. The minimum atomic E-state index is -0.802. The zero-order valence-corrected chi connectivity index (χ0v) is 16.0. The molecule has 0 radical (unpaired) electrons. The zero-order valence-electron chi connectivity index (χ0n) is 16.0. The molecule has 2 aliphatic rings. The van der Waals surface area contributed by atoms with Crippen molar-refractivity contribution in [1.82, 2.24) is 4.90 Å². The normalized spacial score (nSPS) is 26.8. The molecule has 2 fully saturated rings. The molecule has 1 aliphatic heterocycles. The van der Waals surface area contributed by atoms with Crippen molar-refractivity contribution in [3.8, 4) is 0 Å². The highest BCUT2D eigenvalue weighted by molar-refractivity contribution is 5.72. The Morgan fingerprint density at radius 1 is 1.20 bits per heavy atom. The van der Waals surface area contributed by atoms with Gasteiger partial charge in [0.2, 0.25) is 0 Å². The topological polar surface area (TPSA) is 76.1 Å². The van der Waals surface area contributed by atoms with Crippen molar-refractivity contribution in [3.63, 3.8) is 0 Å². The Balaban J connectivity index is 1.91. The first kappa shape index (κ1) is 20.0. The third-order valence-electron chi connectivity index (χ3n) is 5.34. The van der Waals surface area contributed by atoms with Crippen LogP contribution in [0, 0.1) is 11.8 Å². The summed E-state index contributed by atoms with van der Waals surface area (Å²) in [5.41, 5.74) is -1.31. The van der Waals surface area contributed by atoms with Crippen molar-refractivity contribution in [2.45, 2.75) is 77.4 Å². The lowest BCUT2D eigenvalue weighted by Crippen LogP contribution is -2.52. The lowest BCUT2D eigenvalue weighted by molar-refractivity contribution is -0.152. The molecule has 0 aromatic heterocycles. The van der Waals surface area contributed by atoms with Gasteiger partial charge in [-0.3, -0.25) is 4.79 Å². The summed E-state index contributed by atoms with van der Waals surface area (Å²) in [6.45, 7) is 8.75. The van der Waals surface area contributed by atoms with Crippen LogP contribution in [-0.4, -0.2) is 53.0 Å². The molecule has 25 heavy (non-hydrogen) atoms. The molecule has 1 saturated heterocycles. The third kappa shape index (κ3) is 5.33. The van der Waals surface area contributed by atoms with E-state index in [1.54, 1.807) is 4.90 Å². The van der Waals surface area contributed by atoms with E-state index in [0.29, 0.717) is 39.0 Å². The highest BCUT2D eigenvalue weighted by Crippen LogP contribution is 2.41. The molecule has 1 saturated carbocycles. The van der Waals surface area contributed by atoms with Crippen molar-refractivity contribution < 1.29 is 24.2 Å². The first-order chi connectivity index (χ1) is 11.6. The van der Waals surface area contributed by atoms with Crippen LogP contribution in [0.15, 0.2) is 0 Å². The summed E-state index contributed by atoms with van der Waals surface area (Å²) in [4.78, 5) is 25.9. The number of rotatable bonds is 3. The van der Waals surface area contributed by atoms with Gasteiger partial charge in [-0.05, 0) is 65.7 Å². The average Bonchev–Trinajstić information content (AvgIpc) is 2.54. The minimum absolute atomic E-state index is 0.0939. The van der Waals surface area contributed by atoms with Gasteiger partial charge in [-0.2, -0.15) is 0 Å². The van der Waals surface area contributed by atoms with Gasteiger partial charge >= 0.3 is 12.1 Å². The molecule has 2 rings (SSSR count). The van der Waals surface area contributed by atoms with E-state index in [-0.39, 0.29) is 23.9 Å². The second-order valence-electron chi connectivity index (χ2n) is 8.38. The SMILES string of the molecule is CCOC(=O)C1CCCC(C2(O)CCN(C(=O)OC(C)(C)C)CC2)C1. The van der Waals surface area contributed by atoms with Crippen LogP contribution >= 0.6 is 0 Å². The number of hydrogen-bond donors (Lipinski definition) is 1. The maximum Gasteiger partial charge on any atom is 0.410 e. The number of carbonyl (C=O) groups excluding carboxylic acids is 2. The number of hydrogen-bond acceptors (Lipinski definition) is 5. The van der Waals surface area contributed by atoms with Gasteiger partial charge in [-0.15, -0.1) is 0 Å². The number of piperidine rings is 1. The average molecular weight is 355 g/mol. The lowest BCUT2D eigenvalue weighted by atomic mass is 9.69. The van der Waals surface area contributed by atoms with Gasteiger partial charge in [0.25, 0.3) is 0 Å². The van der Waals surface area contributed by atoms with Gasteiger partial charge in [0.15, 0.2) is 0 Å². The molecule has 144 valence electrons. The van der Waals surface area contributed by atoms with Crippen LogP contribution in [0.4, 0.5) is 4.79 Å². The Hall–Kier alpha value is -1.30. The fourth-order valence-corrected chi connectivity index (χ4v) is 3.96. The van der Waals surface area contributed by atoms with E-state index < -0.39 is 11.2 Å². The van der Waals surface area contributed by atoms with E-state index in [9.17, 15) is 14.7 Å². The molecule has 1 heterocycles. The summed E-state index contributed by atoms with van der Waals surface area (Å²) < 4.78 is 10.6. The van der Waals surface area contributed by atoms with Gasteiger partial charge in [0.1, 0.15) is 5.60 Å². The van der Waals surface area contributed by atoms with Crippen LogP contribution in [-0.2, 0) is 14.3 Å². The van der Waals surface area contributed by atoms with Gasteiger partial charge in [0, 0.05) is 13.1 Å². The summed E-state index contributed by atoms with van der Waals surface area (Å²) in [5, 5.41) is 11.1. The second kappa shape index (κ2) is 7.94. The van der Waals surface area contributed by atoms with Crippen molar-refractivity contribution in [1.29, 1.82) is 0 Å². The number of ether oxygens (including phenoxy) is 2. The predicted molar refractivity (Wildman–Crippen MR) is 94.1 cm³/mol. The van der Waals surface area contributed by atoms with E-state index >= 15 is 0 Å². The van der Waals surface area contributed by atoms with Crippen molar-refractivity contribution in [3.05, 3.63) is 0 Å². The van der Waals surface area contributed by atoms with Crippen LogP contribution in [0.3, 0.4) is 0 Å². The molecule has 6 heteroatoms. The van der Waals surface area contributed by atoms with Crippen molar-refractivity contribution in [2.75, 3.05) is 19.7 Å². The molecule has 2 unspecified atom stereocenters. The number of esters is 1. The Labute approximate surface area is 150 Å². The Kier molecular flexibility index (Phi) is 6.35. The number of likely N-dealkylation sites (tertiary alicyclic amines) is 1. The molecule has 6 nitrogen and oxygen atoms in total. The second-order valence-corrected chi connectivity index (χ2v) is 8.38. The van der Waals surface area contributed by atoms with Gasteiger partial charge in [-0.25, -0.2) is 4.79 Å². The smallest absolute Gasteiger partial charge is 0.410 e. The summed E-state index contributed by atoms with van der Waals surface area (Å²) in [5.74, 6) is -0.148. The van der Waals surface area contributed by atoms with Crippen LogP contribution in [0.5, 0.6) is 0 Å². The van der Waals surface area contributed by atoms with E-state index in [4.69, 9.17) is 9.47 Å². The van der Waals surface area contributed by atoms with E-state index in [1.165, 1.54) is 0 Å². The molecular formula is C19H33NO5. The molecule has 2 atom stereocenters. The van der Waals surface area contributed by atoms with E-state index in [0.717, 1.165) is 19.3 Å². The van der Waals surface area contributed by atoms with Crippen LogP contribution in [0.2, 0.25) is 0 Å². The molecule has 1 aliphatic carbocycles. The molecular weight excluding hydrogens is 322 g/mol. The van der Waals surface area contributed by atoms with Gasteiger partial charge in [-0.1, -0.05) is 6.42 Å². The standard InChI is InChI=1S/C19H33NO5/c1-5-24-16(21)14-7-6-8-15(13-14)19(23)9-11-20(12-10-19)17(22)25-18(2,3)4/h14-15,23H,5-13H2,1-4H3.